The molecule has 1 saturated heterocycles. The maximum atomic E-state index is 8.61. The largest absolute Gasteiger partial charge is 0.381 e. The molecular formula is C10H18N2O. The first kappa shape index (κ1) is 10.5. The van der Waals surface area contributed by atoms with Crippen LogP contribution in [0.15, 0.2) is 0 Å². The van der Waals surface area contributed by atoms with E-state index in [1.807, 2.05) is 6.92 Å². The van der Waals surface area contributed by atoms with E-state index in [-0.39, 0.29) is 5.92 Å². The summed E-state index contributed by atoms with van der Waals surface area (Å²) in [6, 6.07) is 2.78. The molecule has 0 spiro atoms. The highest BCUT2D eigenvalue weighted by atomic mass is 16.5. The number of hydrogen-bond acceptors (Lipinski definition) is 3. The van der Waals surface area contributed by atoms with Gasteiger partial charge in [0.25, 0.3) is 0 Å². The average Bonchev–Trinajstić information content (AvgIpc) is 2.42. The molecule has 0 bridgehead atoms. The SMILES string of the molecule is CC(C#N)CNC1CCCOCC1. The number of nitriles is 1. The van der Waals surface area contributed by atoms with Crippen LogP contribution >= 0.6 is 0 Å². The van der Waals surface area contributed by atoms with Crippen LogP contribution in [0.3, 0.4) is 0 Å². The molecule has 1 heterocycles. The highest BCUT2D eigenvalue weighted by molar-refractivity contribution is 4.82. The van der Waals surface area contributed by atoms with Crippen molar-refractivity contribution >= 4 is 0 Å². The average molecular weight is 182 g/mol. The van der Waals surface area contributed by atoms with Gasteiger partial charge < -0.3 is 10.1 Å². The van der Waals surface area contributed by atoms with Crippen molar-refractivity contribution in [2.24, 2.45) is 5.92 Å². The Kier molecular flexibility index (Phi) is 4.81. The summed E-state index contributed by atoms with van der Waals surface area (Å²) in [6.07, 6.45) is 3.40. The topological polar surface area (TPSA) is 45.0 Å². The third-order valence-electron chi connectivity index (χ3n) is 2.39. The summed E-state index contributed by atoms with van der Waals surface area (Å²) >= 11 is 0. The quantitative estimate of drug-likeness (QED) is 0.715. The summed E-state index contributed by atoms with van der Waals surface area (Å²) in [5.41, 5.74) is 0. The number of hydrogen-bond donors (Lipinski definition) is 1. The standard InChI is InChI=1S/C10H18N2O/c1-9(7-11)8-12-10-3-2-5-13-6-4-10/h9-10,12H,2-6,8H2,1H3. The van der Waals surface area contributed by atoms with Crippen molar-refractivity contribution in [2.45, 2.75) is 32.2 Å². The van der Waals surface area contributed by atoms with Gasteiger partial charge in [-0.2, -0.15) is 5.26 Å². The molecule has 1 N–H and O–H groups in total. The zero-order valence-corrected chi connectivity index (χ0v) is 8.25. The molecule has 0 aromatic carbocycles. The first-order valence-electron chi connectivity index (χ1n) is 5.03. The Morgan fingerprint density at radius 3 is 3.15 bits per heavy atom. The Bertz CT molecular complexity index is 168. The summed E-state index contributed by atoms with van der Waals surface area (Å²) < 4.78 is 5.35. The summed E-state index contributed by atoms with van der Waals surface area (Å²) in [7, 11) is 0. The van der Waals surface area contributed by atoms with Gasteiger partial charge in [-0.25, -0.2) is 0 Å². The third-order valence-corrected chi connectivity index (χ3v) is 2.39. The molecule has 3 nitrogen and oxygen atoms in total. The fraction of sp³-hybridized carbons (Fsp3) is 0.900. The number of nitrogens with one attached hydrogen (secondary N) is 1. The maximum absolute atomic E-state index is 8.61. The number of nitrogens with zero attached hydrogens (tertiary/aromatic N) is 1. The highest BCUT2D eigenvalue weighted by Crippen LogP contribution is 2.08. The van der Waals surface area contributed by atoms with Gasteiger partial charge in [0.2, 0.25) is 0 Å². The molecular weight excluding hydrogens is 164 g/mol. The van der Waals surface area contributed by atoms with Gasteiger partial charge in [-0.3, -0.25) is 0 Å². The normalized spacial score (nSPS) is 26.0. The third kappa shape index (κ3) is 4.25. The molecule has 2 unspecified atom stereocenters. The van der Waals surface area contributed by atoms with Crippen LogP contribution in [-0.2, 0) is 4.74 Å². The first-order valence-corrected chi connectivity index (χ1v) is 5.03. The second-order valence-electron chi connectivity index (χ2n) is 3.68. The number of rotatable bonds is 3. The molecule has 0 aromatic heterocycles. The van der Waals surface area contributed by atoms with Crippen molar-refractivity contribution in [1.29, 1.82) is 5.26 Å². The minimum Gasteiger partial charge on any atom is -0.381 e. The first-order chi connectivity index (χ1) is 6.33. The monoisotopic (exact) mass is 182 g/mol. The molecule has 0 amide bonds. The van der Waals surface area contributed by atoms with Gasteiger partial charge in [0, 0.05) is 25.8 Å². The fourth-order valence-corrected chi connectivity index (χ4v) is 1.50. The Balaban J connectivity index is 2.16. The van der Waals surface area contributed by atoms with Gasteiger partial charge in [-0.05, 0) is 26.2 Å². The Labute approximate surface area is 80.1 Å². The molecule has 13 heavy (non-hydrogen) atoms. The zero-order valence-electron chi connectivity index (χ0n) is 8.25. The Morgan fingerprint density at radius 2 is 2.38 bits per heavy atom. The summed E-state index contributed by atoms with van der Waals surface area (Å²) in [5, 5.41) is 12.0. The van der Waals surface area contributed by atoms with Gasteiger partial charge in [-0.15, -0.1) is 0 Å². The van der Waals surface area contributed by atoms with Gasteiger partial charge in [0.15, 0.2) is 0 Å². The van der Waals surface area contributed by atoms with E-state index in [1.54, 1.807) is 0 Å². The highest BCUT2D eigenvalue weighted by Gasteiger charge is 2.12. The molecule has 74 valence electrons. The lowest BCUT2D eigenvalue weighted by atomic mass is 10.1. The maximum Gasteiger partial charge on any atom is 0.0666 e. The van der Waals surface area contributed by atoms with Crippen LogP contribution in [0.25, 0.3) is 0 Å². The van der Waals surface area contributed by atoms with Crippen LogP contribution < -0.4 is 5.32 Å². The lowest BCUT2D eigenvalue weighted by Crippen LogP contribution is -2.32. The molecule has 1 aliphatic rings. The molecule has 0 aromatic rings. The second kappa shape index (κ2) is 5.95. The smallest absolute Gasteiger partial charge is 0.0666 e. The van der Waals surface area contributed by atoms with Crippen molar-refractivity contribution in [1.82, 2.24) is 5.32 Å². The summed E-state index contributed by atoms with van der Waals surface area (Å²) in [4.78, 5) is 0. The molecule has 0 saturated carbocycles. The summed E-state index contributed by atoms with van der Waals surface area (Å²) in [6.45, 7) is 4.51. The van der Waals surface area contributed by atoms with Gasteiger partial charge >= 0.3 is 0 Å². The number of ether oxygens (including phenoxy) is 1. The van der Waals surface area contributed by atoms with Crippen LogP contribution in [0, 0.1) is 17.2 Å². The van der Waals surface area contributed by atoms with Crippen molar-refractivity contribution in [2.75, 3.05) is 19.8 Å². The minimum absolute atomic E-state index is 0.115. The van der Waals surface area contributed by atoms with E-state index in [0.717, 1.165) is 32.6 Å². The fourth-order valence-electron chi connectivity index (χ4n) is 1.50. The van der Waals surface area contributed by atoms with E-state index in [9.17, 15) is 0 Å². The van der Waals surface area contributed by atoms with Gasteiger partial charge in [-0.1, -0.05) is 0 Å². The molecule has 1 fully saturated rings. The zero-order chi connectivity index (χ0) is 9.52. The van der Waals surface area contributed by atoms with Gasteiger partial charge in [0.05, 0.1) is 12.0 Å². The van der Waals surface area contributed by atoms with Crippen molar-refractivity contribution < 1.29 is 4.74 Å². The Morgan fingerprint density at radius 1 is 1.54 bits per heavy atom. The second-order valence-corrected chi connectivity index (χ2v) is 3.68. The molecule has 2 atom stereocenters. The molecule has 1 rings (SSSR count). The molecule has 0 aliphatic carbocycles. The predicted molar refractivity (Wildman–Crippen MR) is 51.2 cm³/mol. The molecule has 3 heteroatoms. The van der Waals surface area contributed by atoms with Gasteiger partial charge in [0.1, 0.15) is 0 Å². The Hall–Kier alpha value is -0.590. The van der Waals surface area contributed by atoms with Crippen LogP contribution in [-0.4, -0.2) is 25.8 Å². The van der Waals surface area contributed by atoms with Crippen molar-refractivity contribution in [3.05, 3.63) is 0 Å². The van der Waals surface area contributed by atoms with E-state index in [2.05, 4.69) is 11.4 Å². The van der Waals surface area contributed by atoms with E-state index in [4.69, 9.17) is 10.00 Å². The van der Waals surface area contributed by atoms with Crippen LogP contribution in [0.4, 0.5) is 0 Å². The van der Waals surface area contributed by atoms with E-state index >= 15 is 0 Å². The molecule has 0 radical (unpaired) electrons. The van der Waals surface area contributed by atoms with E-state index < -0.39 is 0 Å². The lowest BCUT2D eigenvalue weighted by Gasteiger charge is -2.15. The van der Waals surface area contributed by atoms with E-state index in [1.165, 1.54) is 6.42 Å². The minimum atomic E-state index is 0.115. The van der Waals surface area contributed by atoms with Crippen LogP contribution in [0.5, 0.6) is 0 Å². The summed E-state index contributed by atoms with van der Waals surface area (Å²) in [5.74, 6) is 0.115. The van der Waals surface area contributed by atoms with Crippen molar-refractivity contribution in [3.63, 3.8) is 0 Å². The predicted octanol–water partition coefficient (Wildman–Crippen LogP) is 1.30. The van der Waals surface area contributed by atoms with Crippen LogP contribution in [0.2, 0.25) is 0 Å². The van der Waals surface area contributed by atoms with Crippen LogP contribution in [0.1, 0.15) is 26.2 Å². The molecule has 1 aliphatic heterocycles. The van der Waals surface area contributed by atoms with Crippen molar-refractivity contribution in [3.8, 4) is 6.07 Å². The lowest BCUT2D eigenvalue weighted by molar-refractivity contribution is 0.142. The van der Waals surface area contributed by atoms with E-state index in [0.29, 0.717) is 6.04 Å².